The van der Waals surface area contributed by atoms with Crippen LogP contribution in [0, 0.1) is 0 Å². The number of benzene rings is 3. The van der Waals surface area contributed by atoms with Crippen molar-refractivity contribution in [2.45, 2.75) is 13.0 Å². The van der Waals surface area contributed by atoms with Gasteiger partial charge in [-0.1, -0.05) is 24.3 Å². The first-order valence-electron chi connectivity index (χ1n) is 8.60. The molecule has 0 amide bonds. The number of ketones is 1. The predicted molar refractivity (Wildman–Crippen MR) is 103 cm³/mol. The number of hydrogen-bond donors (Lipinski definition) is 2. The summed E-state index contributed by atoms with van der Waals surface area (Å²) < 4.78 is 0. The summed E-state index contributed by atoms with van der Waals surface area (Å²) in [6.45, 7) is 0.407. The molecule has 0 atom stereocenters. The van der Waals surface area contributed by atoms with Crippen LogP contribution in [0.2, 0.25) is 0 Å². The SMILES string of the molecule is NCc1ccc2c(c1)C(=O)c1cc3[nH]c4ccccc4c(=O)c3cc1C2. The summed E-state index contributed by atoms with van der Waals surface area (Å²) in [7, 11) is 0. The quantitative estimate of drug-likeness (QED) is 0.460. The van der Waals surface area contributed by atoms with Crippen LogP contribution >= 0.6 is 0 Å². The number of aromatic nitrogens is 1. The van der Waals surface area contributed by atoms with E-state index in [0.717, 1.165) is 22.2 Å². The summed E-state index contributed by atoms with van der Waals surface area (Å²) in [5, 5.41) is 1.28. The van der Waals surface area contributed by atoms with E-state index < -0.39 is 0 Å². The summed E-state index contributed by atoms with van der Waals surface area (Å²) in [5.41, 5.74) is 11.4. The van der Waals surface area contributed by atoms with Crippen LogP contribution in [0.3, 0.4) is 0 Å². The van der Waals surface area contributed by atoms with E-state index in [4.69, 9.17) is 5.73 Å². The van der Waals surface area contributed by atoms with Gasteiger partial charge in [0.05, 0.1) is 5.52 Å². The highest BCUT2D eigenvalue weighted by molar-refractivity contribution is 6.14. The number of carbonyl (C=O) groups excluding carboxylic acids is 1. The largest absolute Gasteiger partial charge is 0.354 e. The minimum atomic E-state index is -0.00698. The number of hydrogen-bond acceptors (Lipinski definition) is 3. The van der Waals surface area contributed by atoms with Crippen molar-refractivity contribution in [1.82, 2.24) is 4.98 Å². The van der Waals surface area contributed by atoms with Gasteiger partial charge in [0.25, 0.3) is 0 Å². The van der Waals surface area contributed by atoms with Gasteiger partial charge in [0.15, 0.2) is 11.2 Å². The van der Waals surface area contributed by atoms with E-state index in [0.29, 0.717) is 40.4 Å². The van der Waals surface area contributed by atoms with Crippen molar-refractivity contribution in [1.29, 1.82) is 0 Å². The van der Waals surface area contributed by atoms with Gasteiger partial charge in [-0.2, -0.15) is 0 Å². The lowest BCUT2D eigenvalue weighted by atomic mass is 9.83. The van der Waals surface area contributed by atoms with Crippen LogP contribution in [0.15, 0.2) is 59.4 Å². The zero-order valence-electron chi connectivity index (χ0n) is 14.0. The molecule has 126 valence electrons. The fraction of sp³-hybridized carbons (Fsp3) is 0.0909. The molecule has 0 unspecified atom stereocenters. The molecular weight excluding hydrogens is 324 g/mol. The maximum atomic E-state index is 13.0. The first-order valence-corrected chi connectivity index (χ1v) is 8.60. The Bertz CT molecular complexity index is 1280. The number of fused-ring (bicyclic) bond motifs is 4. The first kappa shape index (κ1) is 15.0. The van der Waals surface area contributed by atoms with Gasteiger partial charge in [0.2, 0.25) is 0 Å². The number of pyridine rings is 1. The van der Waals surface area contributed by atoms with Crippen LogP contribution in [0.25, 0.3) is 21.8 Å². The van der Waals surface area contributed by atoms with Crippen molar-refractivity contribution >= 4 is 27.6 Å². The summed E-state index contributed by atoms with van der Waals surface area (Å²) in [6, 6.07) is 16.9. The van der Waals surface area contributed by atoms with Crippen molar-refractivity contribution in [3.8, 4) is 0 Å². The molecule has 0 radical (unpaired) electrons. The lowest BCUT2D eigenvalue weighted by Crippen LogP contribution is -2.17. The molecule has 1 heterocycles. The second kappa shape index (κ2) is 5.38. The second-order valence-electron chi connectivity index (χ2n) is 6.76. The van der Waals surface area contributed by atoms with Gasteiger partial charge >= 0.3 is 0 Å². The van der Waals surface area contributed by atoms with Crippen molar-refractivity contribution in [3.05, 3.63) is 92.6 Å². The number of carbonyl (C=O) groups is 1. The average molecular weight is 340 g/mol. The molecule has 0 spiro atoms. The van der Waals surface area contributed by atoms with Crippen LogP contribution in [0.1, 0.15) is 32.6 Å². The standard InChI is InChI=1S/C22H16N2O2/c23-11-12-5-6-13-8-14-9-18-20(10-17(14)22(26)16(13)7-12)24-19-4-2-1-3-15(19)21(18)25/h1-7,9-10H,8,11,23H2,(H,24,25). The molecule has 4 heteroatoms. The predicted octanol–water partition coefficient (Wildman–Crippen LogP) is 3.28. The van der Waals surface area contributed by atoms with Crippen molar-refractivity contribution in [2.75, 3.05) is 0 Å². The Morgan fingerprint density at radius 1 is 0.846 bits per heavy atom. The molecule has 1 aromatic heterocycles. The molecule has 1 aliphatic rings. The Hall–Kier alpha value is -3.24. The fourth-order valence-corrected chi connectivity index (χ4v) is 3.84. The number of rotatable bonds is 1. The third-order valence-corrected chi connectivity index (χ3v) is 5.21. The molecule has 5 rings (SSSR count). The lowest BCUT2D eigenvalue weighted by molar-refractivity contribution is 0.103. The normalized spacial score (nSPS) is 13.0. The molecule has 0 bridgehead atoms. The van der Waals surface area contributed by atoms with Gasteiger partial charge in [0.1, 0.15) is 0 Å². The average Bonchev–Trinajstić information content (AvgIpc) is 2.67. The Morgan fingerprint density at radius 2 is 1.65 bits per heavy atom. The highest BCUT2D eigenvalue weighted by Crippen LogP contribution is 2.30. The molecule has 3 aromatic carbocycles. The van der Waals surface area contributed by atoms with Crippen LogP contribution in [-0.4, -0.2) is 10.8 Å². The second-order valence-corrected chi connectivity index (χ2v) is 6.76. The monoisotopic (exact) mass is 340 g/mol. The molecule has 0 saturated heterocycles. The number of nitrogens with two attached hydrogens (primary N) is 1. The molecule has 4 nitrogen and oxygen atoms in total. The van der Waals surface area contributed by atoms with E-state index in [1.165, 1.54) is 0 Å². The Labute approximate surface area is 149 Å². The molecule has 0 aliphatic heterocycles. The van der Waals surface area contributed by atoms with E-state index in [1.54, 1.807) is 0 Å². The number of para-hydroxylation sites is 1. The van der Waals surface area contributed by atoms with E-state index in [9.17, 15) is 9.59 Å². The minimum absolute atomic E-state index is 0.00567. The van der Waals surface area contributed by atoms with Gasteiger partial charge < -0.3 is 10.7 Å². The summed E-state index contributed by atoms with van der Waals surface area (Å²) in [4.78, 5) is 29.2. The Morgan fingerprint density at radius 3 is 2.50 bits per heavy atom. The Kier molecular flexibility index (Phi) is 3.11. The summed E-state index contributed by atoms with van der Waals surface area (Å²) in [5.74, 6) is -0.00698. The topological polar surface area (TPSA) is 76.0 Å². The van der Waals surface area contributed by atoms with E-state index in [-0.39, 0.29) is 11.2 Å². The molecular formula is C22H16N2O2. The van der Waals surface area contributed by atoms with Gasteiger partial charge in [-0.3, -0.25) is 9.59 Å². The summed E-state index contributed by atoms with van der Waals surface area (Å²) >= 11 is 0. The zero-order chi connectivity index (χ0) is 17.8. The van der Waals surface area contributed by atoms with Crippen LogP contribution < -0.4 is 11.2 Å². The highest BCUT2D eigenvalue weighted by Gasteiger charge is 2.24. The zero-order valence-corrected chi connectivity index (χ0v) is 14.0. The smallest absolute Gasteiger partial charge is 0.197 e. The first-order chi connectivity index (χ1) is 12.7. The van der Waals surface area contributed by atoms with E-state index in [2.05, 4.69) is 4.98 Å². The molecule has 0 saturated carbocycles. The molecule has 1 aliphatic carbocycles. The summed E-state index contributed by atoms with van der Waals surface area (Å²) in [6.07, 6.45) is 0.642. The van der Waals surface area contributed by atoms with Crippen LogP contribution in [0.4, 0.5) is 0 Å². The van der Waals surface area contributed by atoms with Crippen LogP contribution in [0.5, 0.6) is 0 Å². The maximum absolute atomic E-state index is 13.0. The molecule has 4 aromatic rings. The molecule has 3 N–H and O–H groups in total. The number of aromatic amines is 1. The van der Waals surface area contributed by atoms with Gasteiger partial charge in [-0.05, 0) is 53.4 Å². The van der Waals surface area contributed by atoms with Crippen molar-refractivity contribution < 1.29 is 4.79 Å². The minimum Gasteiger partial charge on any atom is -0.354 e. The van der Waals surface area contributed by atoms with Gasteiger partial charge in [-0.15, -0.1) is 0 Å². The van der Waals surface area contributed by atoms with Crippen molar-refractivity contribution in [2.24, 2.45) is 5.73 Å². The van der Waals surface area contributed by atoms with Crippen LogP contribution in [-0.2, 0) is 13.0 Å². The third kappa shape index (κ3) is 2.06. The lowest BCUT2D eigenvalue weighted by Gasteiger charge is -2.20. The molecule has 26 heavy (non-hydrogen) atoms. The van der Waals surface area contributed by atoms with Gasteiger partial charge in [-0.25, -0.2) is 0 Å². The Balaban J connectivity index is 1.79. The third-order valence-electron chi connectivity index (χ3n) is 5.21. The molecule has 0 fully saturated rings. The maximum Gasteiger partial charge on any atom is 0.197 e. The number of H-pyrrole nitrogens is 1. The highest BCUT2D eigenvalue weighted by atomic mass is 16.1. The van der Waals surface area contributed by atoms with Crippen molar-refractivity contribution in [3.63, 3.8) is 0 Å². The van der Waals surface area contributed by atoms with Gasteiger partial charge in [0, 0.05) is 34.0 Å². The van der Waals surface area contributed by atoms with E-state index in [1.807, 2.05) is 54.6 Å². The number of nitrogens with one attached hydrogen (secondary N) is 1. The fourth-order valence-electron chi connectivity index (χ4n) is 3.84. The van der Waals surface area contributed by atoms with E-state index >= 15 is 0 Å².